The first kappa shape index (κ1) is 15.0. The fourth-order valence-corrected chi connectivity index (χ4v) is 2.84. The molecule has 0 fully saturated rings. The van der Waals surface area contributed by atoms with Crippen molar-refractivity contribution in [2.75, 3.05) is 13.7 Å². The van der Waals surface area contributed by atoms with E-state index in [4.69, 9.17) is 4.74 Å². The molecule has 6 heteroatoms. The largest absolute Gasteiger partial charge is 0.378 e. The first-order valence-electron chi connectivity index (χ1n) is 6.29. The Labute approximate surface area is 120 Å². The summed E-state index contributed by atoms with van der Waals surface area (Å²) in [7, 11) is 1.58. The van der Waals surface area contributed by atoms with E-state index in [0.717, 1.165) is 29.2 Å². The minimum atomic E-state index is -0.474. The SMILES string of the molecule is CCNCc1sc(-c2cc(F)ccc2F)nc1COC. The molecule has 0 spiro atoms. The van der Waals surface area contributed by atoms with Crippen LogP contribution in [0.1, 0.15) is 17.5 Å². The van der Waals surface area contributed by atoms with E-state index in [-0.39, 0.29) is 5.56 Å². The number of nitrogens with zero attached hydrogens (tertiary/aromatic N) is 1. The lowest BCUT2D eigenvalue weighted by Crippen LogP contribution is -2.12. The van der Waals surface area contributed by atoms with Gasteiger partial charge in [-0.2, -0.15) is 0 Å². The van der Waals surface area contributed by atoms with Crippen molar-refractivity contribution in [1.29, 1.82) is 0 Å². The minimum Gasteiger partial charge on any atom is -0.378 e. The Balaban J connectivity index is 2.38. The second-order valence-corrected chi connectivity index (χ2v) is 5.31. The summed E-state index contributed by atoms with van der Waals surface area (Å²) >= 11 is 1.36. The van der Waals surface area contributed by atoms with Gasteiger partial charge in [-0.3, -0.25) is 0 Å². The monoisotopic (exact) mass is 298 g/mol. The molecule has 1 aromatic carbocycles. The molecule has 2 aromatic rings. The standard InChI is InChI=1S/C14H16F2N2OS/c1-3-17-7-13-12(8-19-2)18-14(20-13)10-6-9(15)4-5-11(10)16/h4-6,17H,3,7-8H2,1-2H3. The predicted octanol–water partition coefficient (Wildman–Crippen LogP) is 3.34. The summed E-state index contributed by atoms with van der Waals surface area (Å²) in [5.74, 6) is -0.947. The van der Waals surface area contributed by atoms with E-state index in [1.54, 1.807) is 7.11 Å². The van der Waals surface area contributed by atoms with Crippen LogP contribution in [-0.2, 0) is 17.9 Å². The van der Waals surface area contributed by atoms with E-state index in [9.17, 15) is 8.78 Å². The maximum absolute atomic E-state index is 13.8. The molecular weight excluding hydrogens is 282 g/mol. The third kappa shape index (κ3) is 3.39. The first-order chi connectivity index (χ1) is 9.65. The van der Waals surface area contributed by atoms with Gasteiger partial charge >= 0.3 is 0 Å². The number of thiazole rings is 1. The number of halogens is 2. The Morgan fingerprint density at radius 1 is 1.35 bits per heavy atom. The van der Waals surface area contributed by atoms with Gasteiger partial charge < -0.3 is 10.1 Å². The molecule has 3 nitrogen and oxygen atoms in total. The molecule has 1 N–H and O–H groups in total. The second kappa shape index (κ2) is 6.88. The van der Waals surface area contributed by atoms with Crippen molar-refractivity contribution in [1.82, 2.24) is 10.3 Å². The molecule has 0 atom stereocenters. The van der Waals surface area contributed by atoms with Gasteiger partial charge in [-0.25, -0.2) is 13.8 Å². The molecule has 0 saturated heterocycles. The van der Waals surface area contributed by atoms with E-state index < -0.39 is 11.6 Å². The smallest absolute Gasteiger partial charge is 0.133 e. The maximum atomic E-state index is 13.8. The first-order valence-corrected chi connectivity index (χ1v) is 7.11. The van der Waals surface area contributed by atoms with Crippen molar-refractivity contribution in [2.45, 2.75) is 20.1 Å². The van der Waals surface area contributed by atoms with E-state index in [2.05, 4.69) is 10.3 Å². The number of hydrogen-bond acceptors (Lipinski definition) is 4. The van der Waals surface area contributed by atoms with Crippen molar-refractivity contribution in [3.63, 3.8) is 0 Å². The summed E-state index contributed by atoms with van der Waals surface area (Å²) in [6.07, 6.45) is 0. The van der Waals surface area contributed by atoms with Gasteiger partial charge in [-0.1, -0.05) is 6.92 Å². The van der Waals surface area contributed by atoms with Crippen LogP contribution in [0.5, 0.6) is 0 Å². The number of nitrogens with one attached hydrogen (secondary N) is 1. The van der Waals surface area contributed by atoms with Crippen LogP contribution >= 0.6 is 11.3 Å². The van der Waals surface area contributed by atoms with Crippen molar-refractivity contribution in [3.05, 3.63) is 40.4 Å². The van der Waals surface area contributed by atoms with Gasteiger partial charge in [0.05, 0.1) is 12.3 Å². The number of rotatable bonds is 6. The zero-order valence-electron chi connectivity index (χ0n) is 11.4. The number of methoxy groups -OCH3 is 1. The van der Waals surface area contributed by atoms with Crippen molar-refractivity contribution >= 4 is 11.3 Å². The van der Waals surface area contributed by atoms with E-state index in [1.165, 1.54) is 17.4 Å². The molecule has 0 unspecified atom stereocenters. The van der Waals surface area contributed by atoms with Gasteiger partial charge in [-0.15, -0.1) is 11.3 Å². The molecule has 0 aliphatic heterocycles. The zero-order chi connectivity index (χ0) is 14.5. The van der Waals surface area contributed by atoms with Gasteiger partial charge in [0, 0.05) is 24.1 Å². The Kier molecular flexibility index (Phi) is 5.17. The van der Waals surface area contributed by atoms with Crippen LogP contribution in [0, 0.1) is 11.6 Å². The number of hydrogen-bond donors (Lipinski definition) is 1. The Hall–Kier alpha value is -1.37. The van der Waals surface area contributed by atoms with Crippen LogP contribution in [0.2, 0.25) is 0 Å². The Morgan fingerprint density at radius 3 is 2.85 bits per heavy atom. The fraction of sp³-hybridized carbons (Fsp3) is 0.357. The molecule has 0 radical (unpaired) electrons. The average molecular weight is 298 g/mol. The molecule has 0 amide bonds. The summed E-state index contributed by atoms with van der Waals surface area (Å²) in [4.78, 5) is 5.35. The second-order valence-electron chi connectivity index (χ2n) is 4.23. The third-order valence-corrected chi connectivity index (χ3v) is 3.88. The van der Waals surface area contributed by atoms with Gasteiger partial charge in [0.15, 0.2) is 0 Å². The predicted molar refractivity (Wildman–Crippen MR) is 75.6 cm³/mol. The summed E-state index contributed by atoms with van der Waals surface area (Å²) in [5, 5.41) is 3.68. The normalized spacial score (nSPS) is 11.0. The van der Waals surface area contributed by atoms with Crippen LogP contribution in [-0.4, -0.2) is 18.6 Å². The maximum Gasteiger partial charge on any atom is 0.133 e. The summed E-state index contributed by atoms with van der Waals surface area (Å²) < 4.78 is 32.2. The third-order valence-electron chi connectivity index (χ3n) is 2.75. The highest BCUT2D eigenvalue weighted by molar-refractivity contribution is 7.15. The molecule has 1 heterocycles. The molecule has 2 rings (SSSR count). The van der Waals surface area contributed by atoms with E-state index in [1.807, 2.05) is 6.92 Å². The quantitative estimate of drug-likeness (QED) is 0.888. The molecule has 1 aromatic heterocycles. The van der Waals surface area contributed by atoms with Gasteiger partial charge in [-0.05, 0) is 24.7 Å². The van der Waals surface area contributed by atoms with Crippen LogP contribution in [0.15, 0.2) is 18.2 Å². The number of aromatic nitrogens is 1. The summed E-state index contributed by atoms with van der Waals surface area (Å²) in [6, 6.07) is 3.38. The molecule has 0 aliphatic carbocycles. The molecule has 108 valence electrons. The lowest BCUT2D eigenvalue weighted by atomic mass is 10.2. The number of benzene rings is 1. The molecular formula is C14H16F2N2OS. The highest BCUT2D eigenvalue weighted by Gasteiger charge is 2.15. The van der Waals surface area contributed by atoms with Crippen LogP contribution in [0.4, 0.5) is 8.78 Å². The molecule has 0 bridgehead atoms. The lowest BCUT2D eigenvalue weighted by Gasteiger charge is -2.00. The molecule has 0 saturated carbocycles. The Morgan fingerprint density at radius 2 is 2.15 bits per heavy atom. The average Bonchev–Trinajstić information content (AvgIpc) is 2.82. The van der Waals surface area contributed by atoms with Crippen molar-refractivity contribution in [3.8, 4) is 10.6 Å². The van der Waals surface area contributed by atoms with Crippen molar-refractivity contribution < 1.29 is 13.5 Å². The summed E-state index contributed by atoms with van der Waals surface area (Å²) in [6.45, 7) is 3.83. The van der Waals surface area contributed by atoms with Crippen molar-refractivity contribution in [2.24, 2.45) is 0 Å². The topological polar surface area (TPSA) is 34.2 Å². The zero-order valence-corrected chi connectivity index (χ0v) is 12.2. The minimum absolute atomic E-state index is 0.190. The molecule has 0 aliphatic rings. The highest BCUT2D eigenvalue weighted by atomic mass is 32.1. The van der Waals surface area contributed by atoms with E-state index in [0.29, 0.717) is 18.2 Å². The Bertz CT molecular complexity index is 587. The highest BCUT2D eigenvalue weighted by Crippen LogP contribution is 2.30. The van der Waals surface area contributed by atoms with Gasteiger partial charge in [0.25, 0.3) is 0 Å². The molecule has 20 heavy (non-hydrogen) atoms. The van der Waals surface area contributed by atoms with Crippen LogP contribution in [0.25, 0.3) is 10.6 Å². The van der Waals surface area contributed by atoms with Crippen LogP contribution < -0.4 is 5.32 Å². The van der Waals surface area contributed by atoms with Gasteiger partial charge in [0.1, 0.15) is 16.6 Å². The fourth-order valence-electron chi connectivity index (χ4n) is 1.79. The lowest BCUT2D eigenvalue weighted by molar-refractivity contribution is 0.181. The van der Waals surface area contributed by atoms with E-state index >= 15 is 0 Å². The number of ether oxygens (including phenoxy) is 1. The summed E-state index contributed by atoms with van der Waals surface area (Å²) in [5.41, 5.74) is 0.951. The van der Waals surface area contributed by atoms with Gasteiger partial charge in [0.2, 0.25) is 0 Å². The van der Waals surface area contributed by atoms with Crippen LogP contribution in [0.3, 0.4) is 0 Å².